The molecule has 1 amide bonds. The van der Waals surface area contributed by atoms with Gasteiger partial charge in [-0.3, -0.25) is 14.1 Å². The minimum absolute atomic E-state index is 0.137. The van der Waals surface area contributed by atoms with Crippen LogP contribution in [0.25, 0.3) is 38.9 Å². The van der Waals surface area contributed by atoms with Gasteiger partial charge in [0.2, 0.25) is 5.91 Å². The highest BCUT2D eigenvalue weighted by Crippen LogP contribution is 2.40. The summed E-state index contributed by atoms with van der Waals surface area (Å²) < 4.78 is 2.07. The van der Waals surface area contributed by atoms with Crippen LogP contribution in [0.1, 0.15) is 37.6 Å². The maximum Gasteiger partial charge on any atom is 0.219 e. The van der Waals surface area contributed by atoms with E-state index in [2.05, 4.69) is 80.2 Å². The number of pyridine rings is 2. The van der Waals surface area contributed by atoms with Crippen molar-refractivity contribution in [3.63, 3.8) is 0 Å². The van der Waals surface area contributed by atoms with Crippen molar-refractivity contribution < 1.29 is 4.79 Å². The summed E-state index contributed by atoms with van der Waals surface area (Å²) in [6.45, 7) is 5.47. The minimum Gasteiger partial charge on any atom is -0.340 e. The van der Waals surface area contributed by atoms with Crippen LogP contribution >= 0.6 is 0 Å². The van der Waals surface area contributed by atoms with Gasteiger partial charge in [0.25, 0.3) is 0 Å². The molecule has 2 N–H and O–H groups in total. The standard InChI is InChI=1S/C32H33N7O/c1-22(40)38-18-16-37(17-19-38)21-29-35-36-31-27-20-26(23-6-3-2-4-7-23)30(34-28(27)12-15-39(29)31)24-8-10-25(11-9-24)32(33)13-5-14-32/h2-4,6-12,15,20H,5,13-14,16-19,21,33H2,1H3. The summed E-state index contributed by atoms with van der Waals surface area (Å²) in [5.41, 5.74) is 13.5. The number of amides is 1. The highest BCUT2D eigenvalue weighted by molar-refractivity contribution is 5.98. The lowest BCUT2D eigenvalue weighted by molar-refractivity contribution is -0.130. The Kier molecular flexibility index (Phi) is 6.09. The average molecular weight is 532 g/mol. The number of aromatic nitrogens is 4. The largest absolute Gasteiger partial charge is 0.340 e. The molecule has 7 rings (SSSR count). The number of rotatable bonds is 5. The Morgan fingerprint density at radius 1 is 0.925 bits per heavy atom. The van der Waals surface area contributed by atoms with Crippen molar-refractivity contribution in [2.75, 3.05) is 26.2 Å². The predicted octanol–water partition coefficient (Wildman–Crippen LogP) is 4.61. The summed E-state index contributed by atoms with van der Waals surface area (Å²) in [6.07, 6.45) is 5.30. The Morgan fingerprint density at radius 3 is 2.35 bits per heavy atom. The number of hydrogen-bond donors (Lipinski definition) is 1. The van der Waals surface area contributed by atoms with Crippen LogP contribution in [0.3, 0.4) is 0 Å². The SMILES string of the molecule is CC(=O)N1CCN(Cc2nnc3c4cc(-c5ccccc5)c(-c5ccc(C6(N)CCC6)cc5)nc4ccn23)CC1. The van der Waals surface area contributed by atoms with E-state index < -0.39 is 0 Å². The topological polar surface area (TPSA) is 92.7 Å². The normalized spacial score (nSPS) is 17.3. The number of carbonyl (C=O) groups is 1. The van der Waals surface area contributed by atoms with E-state index in [0.717, 1.165) is 83.8 Å². The zero-order valence-electron chi connectivity index (χ0n) is 22.8. The van der Waals surface area contributed by atoms with Gasteiger partial charge in [-0.1, -0.05) is 54.6 Å². The number of piperazine rings is 1. The van der Waals surface area contributed by atoms with Crippen LogP contribution in [0.2, 0.25) is 0 Å². The fourth-order valence-corrected chi connectivity index (χ4v) is 6.04. The van der Waals surface area contributed by atoms with Gasteiger partial charge in [0.1, 0.15) is 0 Å². The maximum absolute atomic E-state index is 11.7. The van der Waals surface area contributed by atoms with Gasteiger partial charge in [0.05, 0.1) is 17.8 Å². The van der Waals surface area contributed by atoms with Crippen molar-refractivity contribution in [1.29, 1.82) is 0 Å². The van der Waals surface area contributed by atoms with Crippen molar-refractivity contribution in [3.8, 4) is 22.4 Å². The molecule has 1 aliphatic carbocycles. The van der Waals surface area contributed by atoms with Crippen LogP contribution in [-0.4, -0.2) is 61.5 Å². The van der Waals surface area contributed by atoms with Crippen molar-refractivity contribution in [2.24, 2.45) is 5.73 Å². The monoisotopic (exact) mass is 531 g/mol. The van der Waals surface area contributed by atoms with E-state index >= 15 is 0 Å². The molecule has 8 heteroatoms. The summed E-state index contributed by atoms with van der Waals surface area (Å²) in [7, 11) is 0. The molecule has 2 aliphatic rings. The lowest BCUT2D eigenvalue weighted by Crippen LogP contribution is -2.47. The number of hydrogen-bond acceptors (Lipinski definition) is 6. The smallest absolute Gasteiger partial charge is 0.219 e. The van der Waals surface area contributed by atoms with E-state index in [1.165, 1.54) is 12.0 Å². The van der Waals surface area contributed by atoms with E-state index in [1.807, 2.05) is 17.2 Å². The lowest BCUT2D eigenvalue weighted by atomic mass is 9.72. The van der Waals surface area contributed by atoms with Gasteiger partial charge in [0, 0.05) is 61.4 Å². The van der Waals surface area contributed by atoms with E-state index in [1.54, 1.807) is 6.92 Å². The number of benzene rings is 2. The Hall–Kier alpha value is -4.14. The third kappa shape index (κ3) is 4.33. The molecule has 0 radical (unpaired) electrons. The quantitative estimate of drug-likeness (QED) is 0.356. The molecule has 202 valence electrons. The highest BCUT2D eigenvalue weighted by Gasteiger charge is 2.34. The highest BCUT2D eigenvalue weighted by atomic mass is 16.2. The van der Waals surface area contributed by atoms with E-state index in [-0.39, 0.29) is 11.4 Å². The number of fused-ring (bicyclic) bond motifs is 3. The Balaban J connectivity index is 1.28. The van der Waals surface area contributed by atoms with Gasteiger partial charge < -0.3 is 10.6 Å². The lowest BCUT2D eigenvalue weighted by Gasteiger charge is -2.38. The third-order valence-corrected chi connectivity index (χ3v) is 8.69. The third-order valence-electron chi connectivity index (χ3n) is 8.69. The maximum atomic E-state index is 11.7. The Bertz CT molecular complexity index is 1700. The second-order valence-electron chi connectivity index (χ2n) is 11.2. The van der Waals surface area contributed by atoms with Crippen LogP contribution in [0, 0.1) is 0 Å². The minimum atomic E-state index is -0.185. The molecule has 8 nitrogen and oxygen atoms in total. The summed E-state index contributed by atoms with van der Waals surface area (Å²) in [5.74, 6) is 1.03. The van der Waals surface area contributed by atoms with Crippen molar-refractivity contribution in [3.05, 3.63) is 84.3 Å². The number of carbonyl (C=O) groups excluding carboxylic acids is 1. The molecule has 5 aromatic rings. The van der Waals surface area contributed by atoms with Crippen LogP contribution < -0.4 is 5.73 Å². The van der Waals surface area contributed by atoms with E-state index in [4.69, 9.17) is 10.7 Å². The van der Waals surface area contributed by atoms with Crippen LogP contribution in [-0.2, 0) is 16.9 Å². The molecule has 2 fully saturated rings. The summed E-state index contributed by atoms with van der Waals surface area (Å²) in [4.78, 5) is 21.1. The second-order valence-corrected chi connectivity index (χ2v) is 11.2. The van der Waals surface area contributed by atoms with Crippen LogP contribution in [0.5, 0.6) is 0 Å². The molecule has 0 atom stereocenters. The molecular formula is C32H33N7O. The molecule has 4 heterocycles. The zero-order chi connectivity index (χ0) is 27.3. The van der Waals surface area contributed by atoms with Gasteiger partial charge >= 0.3 is 0 Å². The van der Waals surface area contributed by atoms with E-state index in [9.17, 15) is 4.79 Å². The zero-order valence-corrected chi connectivity index (χ0v) is 22.8. The molecule has 2 aromatic carbocycles. The van der Waals surface area contributed by atoms with Gasteiger partial charge in [-0.05, 0) is 42.5 Å². The first-order valence-electron chi connectivity index (χ1n) is 14.1. The van der Waals surface area contributed by atoms with Gasteiger partial charge in [-0.25, -0.2) is 4.98 Å². The first-order valence-corrected chi connectivity index (χ1v) is 14.1. The van der Waals surface area contributed by atoms with Crippen molar-refractivity contribution >= 4 is 22.5 Å². The van der Waals surface area contributed by atoms with Gasteiger partial charge in [-0.15, -0.1) is 10.2 Å². The van der Waals surface area contributed by atoms with Gasteiger partial charge in [-0.2, -0.15) is 0 Å². The molecule has 0 bridgehead atoms. The molecule has 3 aromatic heterocycles. The van der Waals surface area contributed by atoms with Crippen LogP contribution in [0.4, 0.5) is 0 Å². The first-order chi connectivity index (χ1) is 19.5. The molecule has 1 saturated carbocycles. The summed E-state index contributed by atoms with van der Waals surface area (Å²) in [5, 5.41) is 10.2. The number of nitrogens with zero attached hydrogens (tertiary/aromatic N) is 6. The fraction of sp³-hybridized carbons (Fsp3) is 0.312. The first kappa shape index (κ1) is 24.9. The molecule has 40 heavy (non-hydrogen) atoms. The number of nitrogens with two attached hydrogens (primary N) is 1. The molecule has 0 spiro atoms. The molecule has 1 saturated heterocycles. The molecular weight excluding hydrogens is 498 g/mol. The summed E-state index contributed by atoms with van der Waals surface area (Å²) in [6, 6.07) is 23.3. The van der Waals surface area contributed by atoms with Crippen molar-refractivity contribution in [2.45, 2.75) is 38.3 Å². The second kappa shape index (κ2) is 9.80. The Morgan fingerprint density at radius 2 is 1.68 bits per heavy atom. The molecule has 1 aliphatic heterocycles. The average Bonchev–Trinajstić information content (AvgIpc) is 3.39. The van der Waals surface area contributed by atoms with Gasteiger partial charge in [0.15, 0.2) is 11.5 Å². The summed E-state index contributed by atoms with van der Waals surface area (Å²) >= 11 is 0. The molecule has 0 unspecified atom stereocenters. The fourth-order valence-electron chi connectivity index (χ4n) is 6.04. The van der Waals surface area contributed by atoms with Crippen molar-refractivity contribution in [1.82, 2.24) is 29.4 Å². The predicted molar refractivity (Wildman–Crippen MR) is 156 cm³/mol. The van der Waals surface area contributed by atoms with Crippen LogP contribution in [0.15, 0.2) is 72.9 Å². The Labute approximate surface area is 233 Å². The van der Waals surface area contributed by atoms with E-state index in [0.29, 0.717) is 6.54 Å².